The molecule has 4 rings (SSSR count). The van der Waals surface area contributed by atoms with Crippen molar-refractivity contribution in [3.63, 3.8) is 0 Å². The molecule has 3 heterocycles. The lowest BCUT2D eigenvalue weighted by molar-refractivity contribution is 0.335. The Balaban J connectivity index is 1.35. The lowest BCUT2D eigenvalue weighted by Crippen LogP contribution is -2.39. The Labute approximate surface area is 166 Å². The van der Waals surface area contributed by atoms with E-state index in [0.717, 1.165) is 49.0 Å². The van der Waals surface area contributed by atoms with Crippen molar-refractivity contribution in [2.24, 2.45) is 17.6 Å². The van der Waals surface area contributed by atoms with Crippen molar-refractivity contribution in [3.05, 3.63) is 18.6 Å². The molecule has 154 valence electrons. The Bertz CT molecular complexity index is 906. The summed E-state index contributed by atoms with van der Waals surface area (Å²) < 4.78 is 27.2. The molecule has 1 atom stereocenters. The number of sulfonamides is 1. The van der Waals surface area contributed by atoms with Crippen LogP contribution in [0, 0.1) is 11.8 Å². The third-order valence-electron chi connectivity index (χ3n) is 6.45. The van der Waals surface area contributed by atoms with Gasteiger partial charge in [-0.1, -0.05) is 0 Å². The second-order valence-corrected chi connectivity index (χ2v) is 10.3. The van der Waals surface area contributed by atoms with Crippen LogP contribution in [0.5, 0.6) is 0 Å². The zero-order valence-electron chi connectivity index (χ0n) is 16.4. The van der Waals surface area contributed by atoms with Crippen LogP contribution in [0.15, 0.2) is 18.6 Å². The van der Waals surface area contributed by atoms with Crippen molar-refractivity contribution < 1.29 is 8.42 Å². The van der Waals surface area contributed by atoms with Crippen molar-refractivity contribution in [2.45, 2.75) is 38.1 Å². The summed E-state index contributed by atoms with van der Waals surface area (Å²) >= 11 is 0. The van der Waals surface area contributed by atoms with Crippen molar-refractivity contribution in [3.8, 4) is 0 Å². The number of rotatable bonds is 6. The highest BCUT2D eigenvalue weighted by Crippen LogP contribution is 2.33. The zero-order valence-corrected chi connectivity index (χ0v) is 17.2. The number of fused-ring (bicyclic) bond motifs is 1. The molecule has 1 saturated heterocycles. The number of aromatic nitrogens is 3. The molecule has 2 aliphatic rings. The normalized spacial score (nSPS) is 26.7. The number of hydrogen-bond acceptors (Lipinski definition) is 6. The van der Waals surface area contributed by atoms with Crippen molar-refractivity contribution in [1.82, 2.24) is 19.3 Å². The van der Waals surface area contributed by atoms with E-state index in [1.807, 2.05) is 12.3 Å². The Morgan fingerprint density at radius 1 is 1.21 bits per heavy atom. The molecular weight excluding hydrogens is 376 g/mol. The molecule has 0 amide bonds. The topological polar surface area (TPSA) is 108 Å². The third kappa shape index (κ3) is 3.88. The van der Waals surface area contributed by atoms with Gasteiger partial charge in [-0.3, -0.25) is 0 Å². The fraction of sp³-hybridized carbons (Fsp3) is 0.684. The maximum atomic E-state index is 12.8. The zero-order chi connectivity index (χ0) is 19.7. The number of anilines is 1. The minimum Gasteiger partial charge on any atom is -0.356 e. The van der Waals surface area contributed by atoms with E-state index in [-0.39, 0.29) is 11.7 Å². The average Bonchev–Trinajstić information content (AvgIpc) is 3.37. The van der Waals surface area contributed by atoms with Crippen LogP contribution in [0.25, 0.3) is 11.0 Å². The van der Waals surface area contributed by atoms with Gasteiger partial charge in [0, 0.05) is 32.4 Å². The first kappa shape index (κ1) is 19.6. The molecule has 0 aromatic carbocycles. The Morgan fingerprint density at radius 2 is 2.00 bits per heavy atom. The summed E-state index contributed by atoms with van der Waals surface area (Å²) in [6, 6.07) is 2.38. The summed E-state index contributed by atoms with van der Waals surface area (Å²) in [4.78, 5) is 14.1. The van der Waals surface area contributed by atoms with Crippen LogP contribution < -0.4 is 10.6 Å². The SMILES string of the molecule is CN(c1ncnc2[nH]ccc12)C1CCC(CS(=O)(=O)N2CCC(CN)C2)CC1. The van der Waals surface area contributed by atoms with Crippen LogP contribution in [0.2, 0.25) is 0 Å². The number of H-pyrrole nitrogens is 1. The highest BCUT2D eigenvalue weighted by molar-refractivity contribution is 7.89. The van der Waals surface area contributed by atoms with Gasteiger partial charge in [-0.05, 0) is 56.6 Å². The lowest BCUT2D eigenvalue weighted by Gasteiger charge is -2.35. The number of aromatic amines is 1. The minimum absolute atomic E-state index is 0.240. The van der Waals surface area contributed by atoms with E-state index in [1.54, 1.807) is 10.6 Å². The first-order chi connectivity index (χ1) is 13.5. The van der Waals surface area contributed by atoms with Crippen LogP contribution in [-0.4, -0.2) is 66.2 Å². The second kappa shape index (κ2) is 7.96. The molecule has 0 spiro atoms. The van der Waals surface area contributed by atoms with Gasteiger partial charge in [0.05, 0.1) is 11.1 Å². The molecule has 2 aromatic heterocycles. The maximum Gasteiger partial charge on any atom is 0.214 e. The van der Waals surface area contributed by atoms with Gasteiger partial charge in [-0.25, -0.2) is 22.7 Å². The summed E-state index contributed by atoms with van der Waals surface area (Å²) in [6.07, 6.45) is 8.20. The van der Waals surface area contributed by atoms with Crippen LogP contribution in [0.4, 0.5) is 5.82 Å². The monoisotopic (exact) mass is 406 g/mol. The predicted molar refractivity (Wildman–Crippen MR) is 111 cm³/mol. The highest BCUT2D eigenvalue weighted by atomic mass is 32.2. The van der Waals surface area contributed by atoms with E-state index in [9.17, 15) is 8.42 Å². The molecule has 9 heteroatoms. The molecule has 1 aliphatic heterocycles. The first-order valence-electron chi connectivity index (χ1n) is 10.2. The number of nitrogens with two attached hydrogens (primary N) is 1. The molecule has 8 nitrogen and oxygen atoms in total. The summed E-state index contributed by atoms with van der Waals surface area (Å²) in [6.45, 7) is 1.79. The van der Waals surface area contributed by atoms with Crippen molar-refractivity contribution >= 4 is 26.9 Å². The van der Waals surface area contributed by atoms with Crippen LogP contribution in [-0.2, 0) is 10.0 Å². The van der Waals surface area contributed by atoms with Gasteiger partial charge >= 0.3 is 0 Å². The third-order valence-corrected chi connectivity index (χ3v) is 8.46. The van der Waals surface area contributed by atoms with Crippen molar-refractivity contribution in [2.75, 3.05) is 37.3 Å². The van der Waals surface area contributed by atoms with Crippen LogP contribution >= 0.6 is 0 Å². The Kier molecular flexibility index (Phi) is 5.57. The lowest BCUT2D eigenvalue weighted by atomic mass is 9.86. The summed E-state index contributed by atoms with van der Waals surface area (Å²) in [5.41, 5.74) is 6.55. The van der Waals surface area contributed by atoms with E-state index >= 15 is 0 Å². The standard InChI is InChI=1S/C19H30N6O2S/c1-24(19-17-6-8-21-18(17)22-13-23-19)16-4-2-14(3-5-16)12-28(26,27)25-9-7-15(10-20)11-25/h6,8,13-16H,2-5,7,9-12,20H2,1H3,(H,21,22,23). The molecule has 2 aromatic rings. The van der Waals surface area contributed by atoms with Gasteiger partial charge < -0.3 is 15.6 Å². The number of nitrogens with one attached hydrogen (secondary N) is 1. The summed E-state index contributed by atoms with van der Waals surface area (Å²) in [5.74, 6) is 1.77. The largest absolute Gasteiger partial charge is 0.356 e. The fourth-order valence-corrected chi connectivity index (χ4v) is 6.62. The smallest absolute Gasteiger partial charge is 0.214 e. The van der Waals surface area contributed by atoms with Gasteiger partial charge in [0.1, 0.15) is 17.8 Å². The van der Waals surface area contributed by atoms with Gasteiger partial charge in [-0.2, -0.15) is 0 Å². The van der Waals surface area contributed by atoms with Crippen LogP contribution in [0.3, 0.4) is 0 Å². The molecule has 2 fully saturated rings. The van der Waals surface area contributed by atoms with E-state index in [4.69, 9.17) is 5.73 Å². The molecule has 28 heavy (non-hydrogen) atoms. The minimum atomic E-state index is -3.17. The predicted octanol–water partition coefficient (Wildman–Crippen LogP) is 1.56. The van der Waals surface area contributed by atoms with Gasteiger partial charge in [0.25, 0.3) is 0 Å². The van der Waals surface area contributed by atoms with Gasteiger partial charge in [0.2, 0.25) is 10.0 Å². The molecule has 3 N–H and O–H groups in total. The molecule has 1 saturated carbocycles. The van der Waals surface area contributed by atoms with E-state index in [2.05, 4.69) is 26.9 Å². The highest BCUT2D eigenvalue weighted by Gasteiger charge is 2.34. The maximum absolute atomic E-state index is 12.8. The average molecular weight is 407 g/mol. The fourth-order valence-electron chi connectivity index (χ4n) is 4.66. The number of nitrogens with zero attached hydrogens (tertiary/aromatic N) is 4. The summed E-state index contributed by atoms with van der Waals surface area (Å²) in [7, 11) is -1.10. The van der Waals surface area contributed by atoms with Gasteiger partial charge in [0.15, 0.2) is 0 Å². The molecule has 1 unspecified atom stereocenters. The quantitative estimate of drug-likeness (QED) is 0.754. The molecule has 0 radical (unpaired) electrons. The van der Waals surface area contributed by atoms with E-state index < -0.39 is 10.0 Å². The Morgan fingerprint density at radius 3 is 2.71 bits per heavy atom. The van der Waals surface area contributed by atoms with Crippen LogP contribution in [0.1, 0.15) is 32.1 Å². The second-order valence-electron chi connectivity index (χ2n) is 8.25. The van der Waals surface area contributed by atoms with E-state index in [0.29, 0.717) is 31.6 Å². The van der Waals surface area contributed by atoms with E-state index in [1.165, 1.54) is 0 Å². The summed E-state index contributed by atoms with van der Waals surface area (Å²) in [5, 5.41) is 1.03. The van der Waals surface area contributed by atoms with Gasteiger partial charge in [-0.15, -0.1) is 0 Å². The molecule has 0 bridgehead atoms. The molecule has 1 aliphatic carbocycles. The van der Waals surface area contributed by atoms with Crippen molar-refractivity contribution in [1.29, 1.82) is 0 Å². The Hall–Kier alpha value is -1.71. The number of hydrogen-bond donors (Lipinski definition) is 2. The first-order valence-corrected chi connectivity index (χ1v) is 11.8. The molecular formula is C19H30N6O2S.